The summed E-state index contributed by atoms with van der Waals surface area (Å²) in [5.74, 6) is -0.486. The first-order valence-corrected chi connectivity index (χ1v) is 9.05. The van der Waals surface area contributed by atoms with E-state index in [4.69, 9.17) is 9.47 Å². The molecule has 1 aromatic heterocycles. The molecule has 0 saturated carbocycles. The summed E-state index contributed by atoms with van der Waals surface area (Å²) in [4.78, 5) is 25.0. The molecule has 7 heteroatoms. The number of hydrogen-bond acceptors (Lipinski definition) is 5. The highest BCUT2D eigenvalue weighted by molar-refractivity contribution is 7.18. The molecule has 2 heterocycles. The van der Waals surface area contributed by atoms with Crippen LogP contribution in [0.4, 0.5) is 5.69 Å². The van der Waals surface area contributed by atoms with Crippen molar-refractivity contribution >= 4 is 28.9 Å². The number of carboxylic acids is 1. The van der Waals surface area contributed by atoms with E-state index >= 15 is 0 Å². The first-order valence-electron chi connectivity index (χ1n) is 8.24. The van der Waals surface area contributed by atoms with Crippen molar-refractivity contribution in [2.75, 3.05) is 11.9 Å². The largest absolute Gasteiger partial charge is 0.485 e. The van der Waals surface area contributed by atoms with E-state index in [1.807, 2.05) is 36.4 Å². The van der Waals surface area contributed by atoms with Crippen LogP contribution in [0.1, 0.15) is 9.67 Å². The molecule has 0 radical (unpaired) electrons. The summed E-state index contributed by atoms with van der Waals surface area (Å²) in [5, 5.41) is 12.2. The topological polar surface area (TPSA) is 84.9 Å². The first-order chi connectivity index (χ1) is 13.1. The number of para-hydroxylation sites is 2. The minimum absolute atomic E-state index is 0.0565. The number of carboxylic acid groups (broad SMARTS) is 1. The number of benzene rings is 2. The molecule has 0 bridgehead atoms. The number of anilines is 1. The van der Waals surface area contributed by atoms with E-state index in [9.17, 15) is 14.7 Å². The molecule has 4 rings (SSSR count). The van der Waals surface area contributed by atoms with Gasteiger partial charge in [-0.05, 0) is 23.8 Å². The number of carbonyl (C=O) groups is 2. The second-order valence-corrected chi connectivity index (χ2v) is 6.93. The zero-order chi connectivity index (χ0) is 18.8. The van der Waals surface area contributed by atoms with Crippen molar-refractivity contribution in [3.8, 4) is 21.9 Å². The van der Waals surface area contributed by atoms with Gasteiger partial charge in [0.05, 0.1) is 5.69 Å². The van der Waals surface area contributed by atoms with E-state index in [0.717, 1.165) is 21.8 Å². The SMILES string of the molecule is O=C(O)c1sc(-c2ccccc2)cc1NC(=O)C1COc2ccccc2O1. The Morgan fingerprint density at radius 1 is 1.04 bits per heavy atom. The smallest absolute Gasteiger partial charge is 0.348 e. The Bertz CT molecular complexity index is 999. The van der Waals surface area contributed by atoms with Crippen LogP contribution in [-0.4, -0.2) is 29.7 Å². The van der Waals surface area contributed by atoms with E-state index < -0.39 is 18.0 Å². The Morgan fingerprint density at radius 3 is 2.48 bits per heavy atom. The maximum Gasteiger partial charge on any atom is 0.348 e. The zero-order valence-electron chi connectivity index (χ0n) is 14.0. The van der Waals surface area contributed by atoms with Gasteiger partial charge in [-0.25, -0.2) is 4.79 Å². The van der Waals surface area contributed by atoms with Gasteiger partial charge in [0.1, 0.15) is 11.5 Å². The Kier molecular flexibility index (Phi) is 4.52. The highest BCUT2D eigenvalue weighted by Crippen LogP contribution is 2.35. The lowest BCUT2D eigenvalue weighted by Gasteiger charge is -2.25. The van der Waals surface area contributed by atoms with Crippen molar-refractivity contribution < 1.29 is 24.2 Å². The predicted molar refractivity (Wildman–Crippen MR) is 102 cm³/mol. The van der Waals surface area contributed by atoms with E-state index in [1.165, 1.54) is 0 Å². The maximum absolute atomic E-state index is 12.6. The summed E-state index contributed by atoms with van der Waals surface area (Å²) in [6, 6.07) is 18.2. The molecule has 1 aliphatic heterocycles. The molecule has 1 aliphatic rings. The van der Waals surface area contributed by atoms with E-state index in [1.54, 1.807) is 24.3 Å². The van der Waals surface area contributed by atoms with Gasteiger partial charge in [0, 0.05) is 4.88 Å². The van der Waals surface area contributed by atoms with Crippen LogP contribution in [0.15, 0.2) is 60.7 Å². The van der Waals surface area contributed by atoms with Crippen molar-refractivity contribution in [3.05, 3.63) is 65.5 Å². The van der Waals surface area contributed by atoms with Crippen LogP contribution in [-0.2, 0) is 4.79 Å². The summed E-state index contributed by atoms with van der Waals surface area (Å²) >= 11 is 1.11. The Labute approximate surface area is 159 Å². The van der Waals surface area contributed by atoms with E-state index in [0.29, 0.717) is 11.5 Å². The lowest BCUT2D eigenvalue weighted by atomic mass is 10.2. The van der Waals surface area contributed by atoms with Crippen LogP contribution >= 0.6 is 11.3 Å². The van der Waals surface area contributed by atoms with Crippen molar-refractivity contribution in [2.24, 2.45) is 0 Å². The molecule has 1 amide bonds. The molecule has 1 unspecified atom stereocenters. The van der Waals surface area contributed by atoms with Crippen molar-refractivity contribution in [1.29, 1.82) is 0 Å². The monoisotopic (exact) mass is 381 g/mol. The van der Waals surface area contributed by atoms with Crippen LogP contribution in [0.3, 0.4) is 0 Å². The molecule has 1 atom stereocenters. The molecule has 0 spiro atoms. The van der Waals surface area contributed by atoms with Crippen LogP contribution in [0.5, 0.6) is 11.5 Å². The van der Waals surface area contributed by atoms with Crippen LogP contribution in [0.25, 0.3) is 10.4 Å². The summed E-state index contributed by atoms with van der Waals surface area (Å²) < 4.78 is 11.2. The van der Waals surface area contributed by atoms with E-state index in [2.05, 4.69) is 5.32 Å². The van der Waals surface area contributed by atoms with Gasteiger partial charge >= 0.3 is 5.97 Å². The number of rotatable bonds is 4. The number of amides is 1. The summed E-state index contributed by atoms with van der Waals surface area (Å²) in [7, 11) is 0. The highest BCUT2D eigenvalue weighted by Gasteiger charge is 2.29. The molecule has 0 saturated heterocycles. The van der Waals surface area contributed by atoms with Crippen molar-refractivity contribution in [2.45, 2.75) is 6.10 Å². The Hall–Kier alpha value is -3.32. The lowest BCUT2D eigenvalue weighted by molar-refractivity contribution is -0.125. The molecule has 136 valence electrons. The Balaban J connectivity index is 1.56. The normalized spacial score (nSPS) is 15.2. The Morgan fingerprint density at radius 2 is 1.74 bits per heavy atom. The second kappa shape index (κ2) is 7.13. The quantitative estimate of drug-likeness (QED) is 0.716. The predicted octanol–water partition coefficient (Wildman–Crippen LogP) is 3.89. The van der Waals surface area contributed by atoms with Gasteiger partial charge in [0.25, 0.3) is 5.91 Å². The molecule has 2 N–H and O–H groups in total. The summed E-state index contributed by atoms with van der Waals surface area (Å²) in [5.41, 5.74) is 1.13. The fourth-order valence-corrected chi connectivity index (χ4v) is 3.71. The van der Waals surface area contributed by atoms with Gasteiger partial charge < -0.3 is 19.9 Å². The standard InChI is InChI=1S/C20H15NO5S/c22-19(16-11-25-14-8-4-5-9-15(14)26-16)21-13-10-17(27-18(13)20(23)24)12-6-2-1-3-7-12/h1-10,16H,11H2,(H,21,22)(H,23,24). The van der Waals surface area contributed by atoms with Gasteiger partial charge in [-0.2, -0.15) is 0 Å². The van der Waals surface area contributed by atoms with Crippen LogP contribution in [0, 0.1) is 0 Å². The molecule has 0 fully saturated rings. The number of aromatic carboxylic acids is 1. The zero-order valence-corrected chi connectivity index (χ0v) is 14.9. The second-order valence-electron chi connectivity index (χ2n) is 5.88. The number of thiophene rings is 1. The number of ether oxygens (including phenoxy) is 2. The highest BCUT2D eigenvalue weighted by atomic mass is 32.1. The third-order valence-electron chi connectivity index (χ3n) is 4.04. The van der Waals surface area contributed by atoms with E-state index in [-0.39, 0.29) is 17.2 Å². The summed E-state index contributed by atoms with van der Waals surface area (Å²) in [6.07, 6.45) is -0.860. The number of nitrogens with one attached hydrogen (secondary N) is 1. The first kappa shape index (κ1) is 17.1. The molecule has 3 aromatic rings. The molecule has 27 heavy (non-hydrogen) atoms. The minimum atomic E-state index is -1.09. The fourth-order valence-electron chi connectivity index (χ4n) is 2.75. The van der Waals surface area contributed by atoms with Gasteiger partial charge in [-0.15, -0.1) is 11.3 Å². The van der Waals surface area contributed by atoms with Crippen molar-refractivity contribution in [3.63, 3.8) is 0 Å². The summed E-state index contributed by atoms with van der Waals surface area (Å²) in [6.45, 7) is 0.0565. The third-order valence-corrected chi connectivity index (χ3v) is 5.22. The number of hydrogen-bond donors (Lipinski definition) is 2. The third kappa shape index (κ3) is 3.50. The maximum atomic E-state index is 12.6. The van der Waals surface area contributed by atoms with Crippen molar-refractivity contribution in [1.82, 2.24) is 0 Å². The molecular formula is C20H15NO5S. The van der Waals surface area contributed by atoms with Gasteiger partial charge in [-0.3, -0.25) is 4.79 Å². The average molecular weight is 381 g/mol. The van der Waals surface area contributed by atoms with Gasteiger partial charge in [-0.1, -0.05) is 42.5 Å². The van der Waals surface area contributed by atoms with Gasteiger partial charge in [0.2, 0.25) is 6.10 Å². The number of carbonyl (C=O) groups excluding carboxylic acids is 1. The fraction of sp³-hybridized carbons (Fsp3) is 0.100. The minimum Gasteiger partial charge on any atom is -0.485 e. The van der Waals surface area contributed by atoms with Crippen LogP contribution in [0.2, 0.25) is 0 Å². The average Bonchev–Trinajstić information content (AvgIpc) is 3.12. The lowest BCUT2D eigenvalue weighted by Crippen LogP contribution is -2.40. The molecular weight excluding hydrogens is 366 g/mol. The number of fused-ring (bicyclic) bond motifs is 1. The molecule has 6 nitrogen and oxygen atoms in total. The van der Waals surface area contributed by atoms with Crippen LogP contribution < -0.4 is 14.8 Å². The molecule has 0 aliphatic carbocycles. The van der Waals surface area contributed by atoms with Gasteiger partial charge in [0.15, 0.2) is 11.5 Å². The molecule has 2 aromatic carbocycles.